The molecule has 176 valence electrons. The van der Waals surface area contributed by atoms with E-state index in [-0.39, 0.29) is 0 Å². The Balaban J connectivity index is 4.69. The van der Waals surface area contributed by atoms with Crippen LogP contribution in [0.4, 0.5) is 0 Å². The summed E-state index contributed by atoms with van der Waals surface area (Å²) in [6, 6.07) is 0. The first-order chi connectivity index (χ1) is 14.2. The van der Waals surface area contributed by atoms with E-state index in [1.54, 1.807) is 0 Å². The molecular weight excluding hydrogens is 396 g/mol. The summed E-state index contributed by atoms with van der Waals surface area (Å²) in [5.74, 6) is 0. The molecule has 0 spiro atoms. The Morgan fingerprint density at radius 2 is 0.621 bits per heavy atom. The van der Waals surface area contributed by atoms with Gasteiger partial charge in [-0.2, -0.15) is 18.3 Å². The van der Waals surface area contributed by atoms with Crippen LogP contribution in [-0.2, 0) is 37.9 Å². The monoisotopic (exact) mass is 440 g/mol. The highest BCUT2D eigenvalue weighted by Gasteiger charge is 2.54. The van der Waals surface area contributed by atoms with Gasteiger partial charge in [0.05, 0.1) is 26.4 Å². The van der Waals surface area contributed by atoms with Crippen LogP contribution in [0, 0.1) is 0 Å². The molecule has 0 radical (unpaired) electrons. The van der Waals surface area contributed by atoms with Gasteiger partial charge in [0, 0.05) is 0 Å². The summed E-state index contributed by atoms with van der Waals surface area (Å²) in [5, 5.41) is 0. The lowest BCUT2D eigenvalue weighted by molar-refractivity contribution is -0.427. The van der Waals surface area contributed by atoms with Crippen LogP contribution >= 0.6 is 0 Å². The fourth-order valence-electron chi connectivity index (χ4n) is 2.18. The van der Waals surface area contributed by atoms with Crippen molar-refractivity contribution in [3.05, 3.63) is 0 Å². The third-order valence-electron chi connectivity index (χ3n) is 3.97. The first-order valence-corrected chi connectivity index (χ1v) is 13.1. The maximum atomic E-state index is 5.39. The number of hydrogen-bond acceptors (Lipinski definition) is 8. The zero-order chi connectivity index (χ0) is 21.5. The van der Waals surface area contributed by atoms with Crippen molar-refractivity contribution in [2.75, 3.05) is 26.4 Å². The van der Waals surface area contributed by atoms with Crippen LogP contribution < -0.4 is 0 Å². The summed E-state index contributed by atoms with van der Waals surface area (Å²) in [6.45, 7) is 10.0. The Kier molecular flexibility index (Phi) is 22.5. The van der Waals surface area contributed by atoms with Crippen LogP contribution in [0.5, 0.6) is 0 Å². The minimum absolute atomic E-state index is 0.389. The van der Waals surface area contributed by atoms with E-state index < -0.39 is 9.05 Å². The molecule has 0 atom stereocenters. The second-order valence-corrected chi connectivity index (χ2v) is 8.62. The molecule has 0 bridgehead atoms. The first kappa shape index (κ1) is 28.9. The van der Waals surface area contributed by atoms with Crippen molar-refractivity contribution in [1.29, 1.82) is 0 Å². The van der Waals surface area contributed by atoms with E-state index in [1.165, 1.54) is 0 Å². The highest BCUT2D eigenvalue weighted by molar-refractivity contribution is 6.52. The Hall–Kier alpha value is -0.103. The predicted octanol–water partition coefficient (Wildman–Crippen LogP) is 5.98. The van der Waals surface area contributed by atoms with Crippen molar-refractivity contribution < 1.29 is 37.9 Å². The molecule has 0 aliphatic heterocycles. The SMILES string of the molecule is CCCCCOO[Si](OOCCCCC)(OOCCCCC)OOCCCCC. The smallest absolute Gasteiger partial charge is 0.241 e. The standard InChI is InChI=1S/C20H44O8Si/c1-5-9-13-17-21-25-29(26-22-18-14-10-6-2,27-23-19-15-11-7-3)28-24-20-16-12-8-4/h5-20H2,1-4H3. The van der Waals surface area contributed by atoms with Gasteiger partial charge in [-0.1, -0.05) is 79.1 Å². The van der Waals surface area contributed by atoms with Crippen molar-refractivity contribution in [2.45, 2.75) is 105 Å². The van der Waals surface area contributed by atoms with Gasteiger partial charge in [0.25, 0.3) is 0 Å². The van der Waals surface area contributed by atoms with Crippen LogP contribution in [0.2, 0.25) is 0 Å². The normalized spacial score (nSPS) is 12.0. The topological polar surface area (TPSA) is 73.8 Å². The average molecular weight is 441 g/mol. The molecule has 9 heteroatoms. The molecule has 8 nitrogen and oxygen atoms in total. The summed E-state index contributed by atoms with van der Waals surface area (Å²) in [4.78, 5) is 21.1. The molecule has 0 aromatic carbocycles. The van der Waals surface area contributed by atoms with E-state index in [4.69, 9.17) is 37.9 Å². The summed E-state index contributed by atoms with van der Waals surface area (Å²) < 4.78 is 21.6. The largest absolute Gasteiger partial charge is 0.792 e. The molecule has 0 saturated carbocycles. The van der Waals surface area contributed by atoms with Crippen molar-refractivity contribution >= 4 is 9.05 Å². The zero-order valence-electron chi connectivity index (χ0n) is 19.1. The molecule has 0 N–H and O–H groups in total. The van der Waals surface area contributed by atoms with Gasteiger partial charge in [-0.15, -0.1) is 0 Å². The van der Waals surface area contributed by atoms with Gasteiger partial charge in [-0.3, -0.25) is 0 Å². The van der Waals surface area contributed by atoms with Crippen LogP contribution in [0.25, 0.3) is 0 Å². The molecule has 0 amide bonds. The quantitative estimate of drug-likeness (QED) is 0.0786. The highest BCUT2D eigenvalue weighted by atomic mass is 28.4. The zero-order valence-corrected chi connectivity index (χ0v) is 20.1. The van der Waals surface area contributed by atoms with E-state index in [0.717, 1.165) is 77.0 Å². The minimum atomic E-state index is -3.93. The molecule has 0 aliphatic rings. The van der Waals surface area contributed by atoms with E-state index in [0.29, 0.717) is 26.4 Å². The maximum absolute atomic E-state index is 5.39. The first-order valence-electron chi connectivity index (χ1n) is 11.5. The van der Waals surface area contributed by atoms with Crippen LogP contribution in [-0.4, -0.2) is 35.5 Å². The fourth-order valence-corrected chi connectivity index (χ4v) is 3.26. The summed E-state index contributed by atoms with van der Waals surface area (Å²) in [7, 11) is -3.93. The lowest BCUT2D eigenvalue weighted by Crippen LogP contribution is -2.49. The van der Waals surface area contributed by atoms with Crippen LogP contribution in [0.15, 0.2) is 0 Å². The lowest BCUT2D eigenvalue weighted by Gasteiger charge is -2.23. The van der Waals surface area contributed by atoms with Gasteiger partial charge < -0.3 is 0 Å². The highest BCUT2D eigenvalue weighted by Crippen LogP contribution is 2.16. The third-order valence-corrected chi connectivity index (χ3v) is 5.26. The second-order valence-electron chi connectivity index (χ2n) is 6.95. The van der Waals surface area contributed by atoms with Crippen LogP contribution in [0.3, 0.4) is 0 Å². The Morgan fingerprint density at radius 3 is 0.828 bits per heavy atom. The molecule has 0 aliphatic carbocycles. The molecular formula is C20H44O8Si. The Labute approximate surface area is 178 Å². The molecule has 0 saturated heterocycles. The molecule has 0 aromatic rings. The van der Waals surface area contributed by atoms with Crippen LogP contribution in [0.1, 0.15) is 105 Å². The summed E-state index contributed by atoms with van der Waals surface area (Å²) in [6.07, 6.45) is 11.9. The predicted molar refractivity (Wildman–Crippen MR) is 112 cm³/mol. The Morgan fingerprint density at radius 1 is 0.379 bits per heavy atom. The molecule has 0 rings (SSSR count). The molecule has 0 aromatic heterocycles. The molecule has 0 heterocycles. The average Bonchev–Trinajstić information content (AvgIpc) is 2.73. The van der Waals surface area contributed by atoms with Gasteiger partial charge in [-0.05, 0) is 25.7 Å². The van der Waals surface area contributed by atoms with Crippen molar-refractivity contribution in [3.8, 4) is 0 Å². The van der Waals surface area contributed by atoms with E-state index in [1.807, 2.05) is 0 Å². The van der Waals surface area contributed by atoms with Gasteiger partial charge >= 0.3 is 9.05 Å². The van der Waals surface area contributed by atoms with E-state index in [9.17, 15) is 0 Å². The molecule has 29 heavy (non-hydrogen) atoms. The minimum Gasteiger partial charge on any atom is -0.241 e. The lowest BCUT2D eigenvalue weighted by atomic mass is 10.3. The summed E-state index contributed by atoms with van der Waals surface area (Å²) >= 11 is 0. The second kappa shape index (κ2) is 22.6. The number of unbranched alkanes of at least 4 members (excludes halogenated alkanes) is 8. The third kappa shape index (κ3) is 18.4. The van der Waals surface area contributed by atoms with Crippen molar-refractivity contribution in [2.24, 2.45) is 0 Å². The fraction of sp³-hybridized carbons (Fsp3) is 1.00. The van der Waals surface area contributed by atoms with Gasteiger partial charge in [0.2, 0.25) is 0 Å². The number of hydrogen-bond donors (Lipinski definition) is 0. The number of rotatable bonds is 24. The Bertz CT molecular complexity index is 261. The maximum Gasteiger partial charge on any atom is 0.792 e. The van der Waals surface area contributed by atoms with Gasteiger partial charge in [0.1, 0.15) is 0 Å². The van der Waals surface area contributed by atoms with Crippen molar-refractivity contribution in [1.82, 2.24) is 0 Å². The van der Waals surface area contributed by atoms with E-state index in [2.05, 4.69) is 27.7 Å². The summed E-state index contributed by atoms with van der Waals surface area (Å²) in [5.41, 5.74) is 0. The van der Waals surface area contributed by atoms with Gasteiger partial charge in [0.15, 0.2) is 0 Å². The van der Waals surface area contributed by atoms with Gasteiger partial charge in [-0.25, -0.2) is 19.6 Å². The van der Waals surface area contributed by atoms with E-state index >= 15 is 0 Å². The molecule has 0 unspecified atom stereocenters. The van der Waals surface area contributed by atoms with Crippen molar-refractivity contribution in [3.63, 3.8) is 0 Å². The molecule has 0 fully saturated rings.